The van der Waals surface area contributed by atoms with Crippen molar-refractivity contribution in [1.82, 2.24) is 19.8 Å². The Bertz CT molecular complexity index is 2480. The third kappa shape index (κ3) is 12.4. The molecule has 65 heavy (non-hydrogen) atoms. The molecule has 2 saturated heterocycles. The molecule has 2 amide bonds. The van der Waals surface area contributed by atoms with Crippen LogP contribution in [0.3, 0.4) is 0 Å². The zero-order chi connectivity index (χ0) is 46.9. The minimum Gasteiger partial charge on any atom is -0.507 e. The van der Waals surface area contributed by atoms with E-state index in [4.69, 9.17) is 25.7 Å². The number of rotatable bonds is 9. The van der Waals surface area contributed by atoms with Gasteiger partial charge < -0.3 is 40.6 Å². The zero-order valence-electron chi connectivity index (χ0n) is 38.1. The second kappa shape index (κ2) is 20.7. The highest BCUT2D eigenvalue weighted by Gasteiger charge is 2.32. The number of piperidine rings is 2. The van der Waals surface area contributed by atoms with Gasteiger partial charge >= 0.3 is 12.2 Å². The molecule has 0 saturated carbocycles. The minimum atomic E-state index is -0.574. The predicted octanol–water partition coefficient (Wildman–Crippen LogP) is 9.80. The fourth-order valence-corrected chi connectivity index (χ4v) is 8.07. The van der Waals surface area contributed by atoms with Crippen LogP contribution in [0.25, 0.3) is 22.5 Å². The molecule has 342 valence electrons. The normalized spacial score (nSPS) is 16.4. The Kier molecular flexibility index (Phi) is 15.1. The van der Waals surface area contributed by atoms with Crippen LogP contribution in [0.5, 0.6) is 11.5 Å². The molecule has 14 heteroatoms. The van der Waals surface area contributed by atoms with E-state index >= 15 is 0 Å². The van der Waals surface area contributed by atoms with Crippen molar-refractivity contribution in [1.29, 1.82) is 0 Å². The van der Waals surface area contributed by atoms with Crippen molar-refractivity contribution in [2.24, 2.45) is 0 Å². The van der Waals surface area contributed by atoms with Crippen molar-refractivity contribution in [3.8, 4) is 34.0 Å². The Balaban J connectivity index is 0.000000221. The lowest BCUT2D eigenvalue weighted by atomic mass is 9.87. The summed E-state index contributed by atoms with van der Waals surface area (Å²) in [6.45, 7) is 13.6. The second-order valence-electron chi connectivity index (χ2n) is 18.3. The van der Waals surface area contributed by atoms with Crippen LogP contribution in [0.1, 0.15) is 116 Å². The summed E-state index contributed by atoms with van der Waals surface area (Å²) in [5, 5.41) is 10.2. The molecule has 5 N–H and O–H groups in total. The summed E-state index contributed by atoms with van der Waals surface area (Å²) in [4.78, 5) is 61.2. The number of ether oxygens (including phenoxy) is 3. The molecule has 3 aromatic carbocycles. The van der Waals surface area contributed by atoms with Crippen molar-refractivity contribution in [3.05, 3.63) is 119 Å². The maximum absolute atomic E-state index is 12.7. The molecule has 0 radical (unpaired) electrons. The van der Waals surface area contributed by atoms with Crippen LogP contribution in [-0.2, 0) is 16.1 Å². The van der Waals surface area contributed by atoms with Gasteiger partial charge in [-0.1, -0.05) is 54.6 Å². The Morgan fingerprint density at radius 3 is 1.60 bits per heavy atom. The molecule has 0 bridgehead atoms. The number of carbonyl (C=O) groups is 4. The molecule has 0 spiro atoms. The second-order valence-corrected chi connectivity index (χ2v) is 18.3. The van der Waals surface area contributed by atoms with Crippen molar-refractivity contribution in [2.75, 3.05) is 37.6 Å². The lowest BCUT2D eigenvalue weighted by Gasteiger charge is -2.35. The highest BCUT2D eigenvalue weighted by molar-refractivity contribution is 5.87. The molecule has 4 heterocycles. The first-order chi connectivity index (χ1) is 30.9. The number of amides is 2. The van der Waals surface area contributed by atoms with Gasteiger partial charge in [-0.2, -0.15) is 0 Å². The van der Waals surface area contributed by atoms with E-state index in [9.17, 15) is 24.3 Å². The number of carbonyl (C=O) groups excluding carboxylic acids is 4. The van der Waals surface area contributed by atoms with E-state index < -0.39 is 11.2 Å². The van der Waals surface area contributed by atoms with Crippen LogP contribution < -0.4 is 16.2 Å². The number of aldehydes is 2. The molecule has 2 atom stereocenters. The number of anilines is 2. The van der Waals surface area contributed by atoms with Crippen LogP contribution in [0.15, 0.2) is 91.0 Å². The van der Waals surface area contributed by atoms with E-state index in [0.717, 1.165) is 54.2 Å². The largest absolute Gasteiger partial charge is 0.507 e. The number of aromatic nitrogens is 2. The van der Waals surface area contributed by atoms with Gasteiger partial charge in [0.05, 0.1) is 22.5 Å². The third-order valence-electron chi connectivity index (χ3n) is 11.1. The number of likely N-dealkylation sites (tertiary alicyclic amines) is 2. The number of hydrogen-bond donors (Lipinski definition) is 3. The number of nitrogens with zero attached hydrogens (tertiary/aromatic N) is 4. The number of benzene rings is 3. The summed E-state index contributed by atoms with van der Waals surface area (Å²) >= 11 is 0. The average Bonchev–Trinajstić information content (AvgIpc) is 3.27. The summed E-state index contributed by atoms with van der Waals surface area (Å²) in [6.07, 6.45) is 3.98. The number of hydrogen-bond acceptors (Lipinski definition) is 12. The van der Waals surface area contributed by atoms with Gasteiger partial charge in [-0.05, 0) is 120 Å². The first-order valence-electron chi connectivity index (χ1n) is 22.0. The van der Waals surface area contributed by atoms with Gasteiger partial charge in [0, 0.05) is 49.1 Å². The summed E-state index contributed by atoms with van der Waals surface area (Å²) in [7, 11) is 0. The van der Waals surface area contributed by atoms with Gasteiger partial charge in [0.25, 0.3) is 0 Å². The Labute approximate surface area is 380 Å². The first-order valence-corrected chi connectivity index (χ1v) is 22.0. The van der Waals surface area contributed by atoms with E-state index in [2.05, 4.69) is 9.97 Å². The lowest BCUT2D eigenvalue weighted by Crippen LogP contribution is -2.42. The fourth-order valence-electron chi connectivity index (χ4n) is 8.07. The number of nitrogens with two attached hydrogens (primary N) is 2. The number of phenols is 1. The van der Waals surface area contributed by atoms with Gasteiger partial charge in [-0.15, -0.1) is 0 Å². The number of nitrogen functional groups attached to an aromatic ring is 2. The zero-order valence-corrected chi connectivity index (χ0v) is 38.1. The molecule has 2 aliphatic heterocycles. The number of phenolic OH excluding ortho intramolecular Hbond substituents is 1. The van der Waals surface area contributed by atoms with Crippen molar-refractivity contribution < 1.29 is 38.5 Å². The molecule has 5 aromatic rings. The SMILES string of the molecule is CC(C)(C)OC(=O)N1CCCC(c2cc(-c3ccccc3O)nc(N)c2C=O)C1.CC(C)(C)OC(=O)N1CCCC(c2cc(-c3ccccc3OCc3ccccc3)nc(N)c2C=O)C1. The van der Waals surface area contributed by atoms with Gasteiger partial charge in [0.15, 0.2) is 12.6 Å². The van der Waals surface area contributed by atoms with Crippen molar-refractivity contribution >= 4 is 36.4 Å². The maximum atomic E-state index is 12.7. The average molecular weight is 885 g/mol. The van der Waals surface area contributed by atoms with Gasteiger partial charge in [0.2, 0.25) is 0 Å². The minimum absolute atomic E-state index is 0.0621. The molecule has 2 unspecified atom stereocenters. The fraction of sp³-hybridized carbons (Fsp3) is 0.373. The Hall–Kier alpha value is -6.96. The smallest absolute Gasteiger partial charge is 0.410 e. The highest BCUT2D eigenvalue weighted by atomic mass is 16.6. The highest BCUT2D eigenvalue weighted by Crippen LogP contribution is 2.38. The van der Waals surface area contributed by atoms with Crippen LogP contribution in [0, 0.1) is 0 Å². The van der Waals surface area contributed by atoms with Gasteiger partial charge in [-0.3, -0.25) is 9.59 Å². The van der Waals surface area contributed by atoms with E-state index in [-0.39, 0.29) is 41.4 Å². The maximum Gasteiger partial charge on any atom is 0.410 e. The predicted molar refractivity (Wildman–Crippen MR) is 251 cm³/mol. The van der Waals surface area contributed by atoms with E-state index in [1.165, 1.54) is 0 Å². The topological polar surface area (TPSA) is 201 Å². The summed E-state index contributed by atoms with van der Waals surface area (Å²) in [5.41, 5.74) is 17.0. The number of pyridine rings is 2. The molecule has 7 rings (SSSR count). The monoisotopic (exact) mass is 884 g/mol. The summed E-state index contributed by atoms with van der Waals surface area (Å²) in [5.74, 6) is 0.912. The number of aromatic hydroxyl groups is 1. The summed E-state index contributed by atoms with van der Waals surface area (Å²) in [6, 6.07) is 28.1. The van der Waals surface area contributed by atoms with Crippen LogP contribution in [0.2, 0.25) is 0 Å². The Morgan fingerprint density at radius 1 is 0.677 bits per heavy atom. The molecule has 2 aliphatic rings. The van der Waals surface area contributed by atoms with E-state index in [1.807, 2.05) is 102 Å². The van der Waals surface area contributed by atoms with Crippen LogP contribution >= 0.6 is 0 Å². The van der Waals surface area contributed by atoms with Gasteiger partial charge in [-0.25, -0.2) is 19.6 Å². The number of para-hydroxylation sites is 2. The molecule has 14 nitrogen and oxygen atoms in total. The molecule has 2 fully saturated rings. The molecular weight excluding hydrogens is 825 g/mol. The van der Waals surface area contributed by atoms with Crippen LogP contribution in [0.4, 0.5) is 21.2 Å². The van der Waals surface area contributed by atoms with Crippen LogP contribution in [-0.4, -0.2) is 87.0 Å². The molecule has 0 aliphatic carbocycles. The van der Waals surface area contributed by atoms with E-state index in [0.29, 0.717) is 72.9 Å². The van der Waals surface area contributed by atoms with Gasteiger partial charge in [0.1, 0.15) is 40.9 Å². The van der Waals surface area contributed by atoms with Crippen molar-refractivity contribution in [3.63, 3.8) is 0 Å². The standard InChI is InChI=1S/C29H33N3O4.C22H27N3O4/c1-29(2,3)36-28(34)32-15-9-12-21(17-32)23-16-25(31-27(30)24(23)18-33)22-13-7-8-14-26(22)35-19-20-10-5-4-6-11-20;1-22(2,3)29-21(28)25-10-6-7-14(12-25)16-11-18(24-20(23)17(16)13-26)15-8-4-5-9-19(15)27/h4-8,10-11,13-14,16,18,21H,9,12,15,17,19H2,1-3H3,(H2,30,31);4-5,8-9,11,13-14,27H,6-7,10,12H2,1-3H3,(H2,23,24). The lowest BCUT2D eigenvalue weighted by molar-refractivity contribution is 0.0188. The van der Waals surface area contributed by atoms with E-state index in [1.54, 1.807) is 40.1 Å². The Morgan fingerprint density at radius 2 is 1.12 bits per heavy atom. The van der Waals surface area contributed by atoms with Crippen molar-refractivity contribution in [2.45, 2.75) is 96.9 Å². The first kappa shape index (κ1) is 47.5. The molecule has 2 aromatic heterocycles. The molecular formula is C51H60N6O8. The quantitative estimate of drug-likeness (QED) is 0.119. The third-order valence-corrected chi connectivity index (χ3v) is 11.1. The summed E-state index contributed by atoms with van der Waals surface area (Å²) < 4.78 is 17.2.